The number of benzene rings is 2. The molecular weight excluding hydrogens is 359 g/mol. The van der Waals surface area contributed by atoms with Crippen molar-refractivity contribution in [1.82, 2.24) is 0 Å². The molecule has 2 N–H and O–H groups in total. The molecule has 0 radical (unpaired) electrons. The van der Waals surface area contributed by atoms with Gasteiger partial charge in [-0.2, -0.15) is 13.2 Å². The Morgan fingerprint density at radius 2 is 1.70 bits per heavy atom. The molecule has 0 saturated carbocycles. The van der Waals surface area contributed by atoms with E-state index >= 15 is 0 Å². The number of amidine groups is 1. The van der Waals surface area contributed by atoms with Gasteiger partial charge in [-0.15, -0.1) is 0 Å². The molecule has 0 amide bonds. The molecule has 5 nitrogen and oxygen atoms in total. The predicted octanol–water partition coefficient (Wildman–Crippen LogP) is 4.74. The topological polar surface area (TPSA) is 54.9 Å². The number of ether oxygens (including phenoxy) is 2. The first-order valence-electron chi connectivity index (χ1n) is 8.21. The molecule has 1 heterocycles. The second-order valence-electron chi connectivity index (χ2n) is 6.60. The van der Waals surface area contributed by atoms with E-state index in [0.717, 1.165) is 17.8 Å². The molecule has 1 aliphatic heterocycles. The van der Waals surface area contributed by atoms with Crippen molar-refractivity contribution in [2.45, 2.75) is 25.7 Å². The van der Waals surface area contributed by atoms with Crippen LogP contribution in [-0.4, -0.2) is 25.7 Å². The highest BCUT2D eigenvalue weighted by atomic mass is 19.4. The van der Waals surface area contributed by atoms with E-state index in [0.29, 0.717) is 28.6 Å². The number of anilines is 2. The molecule has 0 fully saturated rings. The highest BCUT2D eigenvalue weighted by Crippen LogP contribution is 2.38. The summed E-state index contributed by atoms with van der Waals surface area (Å²) < 4.78 is 49.6. The molecule has 1 aliphatic rings. The second kappa shape index (κ2) is 6.68. The van der Waals surface area contributed by atoms with Crippen LogP contribution in [0.1, 0.15) is 25.0 Å². The van der Waals surface area contributed by atoms with Gasteiger partial charge in [0, 0.05) is 17.3 Å². The summed E-state index contributed by atoms with van der Waals surface area (Å²) in [7, 11) is 3.05. The maximum Gasteiger partial charge on any atom is 0.416 e. The third kappa shape index (κ3) is 3.94. The van der Waals surface area contributed by atoms with Crippen LogP contribution in [0, 0.1) is 0 Å². The molecule has 0 spiro atoms. The van der Waals surface area contributed by atoms with Crippen molar-refractivity contribution < 1.29 is 22.6 Å². The third-order valence-electron chi connectivity index (χ3n) is 4.06. The monoisotopic (exact) mass is 379 g/mol. The van der Waals surface area contributed by atoms with Gasteiger partial charge in [-0.25, -0.2) is 4.99 Å². The Balaban J connectivity index is 2.04. The van der Waals surface area contributed by atoms with Gasteiger partial charge in [-0.3, -0.25) is 0 Å². The fourth-order valence-electron chi connectivity index (χ4n) is 2.88. The Kier molecular flexibility index (Phi) is 4.67. The number of nitrogens with one attached hydrogen (secondary N) is 2. The first kappa shape index (κ1) is 18.9. The first-order chi connectivity index (χ1) is 12.6. The average molecular weight is 379 g/mol. The number of aliphatic imine (C=N–C) groups is 1. The zero-order valence-electron chi connectivity index (χ0n) is 15.4. The number of rotatable bonds is 3. The molecule has 8 heteroatoms. The number of nitrogens with zero attached hydrogens (tertiary/aromatic N) is 1. The average Bonchev–Trinajstić information content (AvgIpc) is 2.59. The standard InChI is InChI=1S/C19H20F3N3O2/c1-18(2)24-14-10-16(27-4)15(26-3)9-13(14)17(25-18)23-12-7-5-6-11(8-12)19(20,21)22/h5-10,24H,1-4H3,(H,23,25). The van der Waals surface area contributed by atoms with Crippen molar-refractivity contribution in [2.75, 3.05) is 24.9 Å². The minimum Gasteiger partial charge on any atom is -0.493 e. The Hall–Kier alpha value is -2.90. The van der Waals surface area contributed by atoms with Gasteiger partial charge in [0.1, 0.15) is 11.5 Å². The Morgan fingerprint density at radius 1 is 1.04 bits per heavy atom. The van der Waals surface area contributed by atoms with Gasteiger partial charge in [0.2, 0.25) is 0 Å². The van der Waals surface area contributed by atoms with Crippen LogP contribution in [0.3, 0.4) is 0 Å². The van der Waals surface area contributed by atoms with Crippen LogP contribution in [0.5, 0.6) is 11.5 Å². The van der Waals surface area contributed by atoms with Crippen LogP contribution in [0.25, 0.3) is 0 Å². The SMILES string of the molecule is COc1cc2c(cc1OC)C(Nc1cccc(C(F)(F)F)c1)=NC(C)(C)N2. The summed E-state index contributed by atoms with van der Waals surface area (Å²) in [5.74, 6) is 1.48. The van der Waals surface area contributed by atoms with E-state index in [1.165, 1.54) is 20.3 Å². The smallest absolute Gasteiger partial charge is 0.416 e. The number of fused-ring (bicyclic) bond motifs is 1. The number of halogens is 3. The summed E-state index contributed by atoms with van der Waals surface area (Å²) in [5, 5.41) is 6.28. The Bertz CT molecular complexity index is 892. The van der Waals surface area contributed by atoms with Gasteiger partial charge >= 0.3 is 6.18 Å². The number of hydrogen-bond donors (Lipinski definition) is 2. The largest absolute Gasteiger partial charge is 0.493 e. The lowest BCUT2D eigenvalue weighted by Crippen LogP contribution is -2.36. The molecular formula is C19H20F3N3O2. The molecule has 0 aliphatic carbocycles. The Labute approximate surface area is 155 Å². The van der Waals surface area contributed by atoms with Gasteiger partial charge in [-0.1, -0.05) is 6.07 Å². The van der Waals surface area contributed by atoms with E-state index in [2.05, 4.69) is 15.6 Å². The summed E-state index contributed by atoms with van der Waals surface area (Å²) >= 11 is 0. The highest BCUT2D eigenvalue weighted by Gasteiger charge is 2.31. The van der Waals surface area contributed by atoms with Crippen molar-refractivity contribution in [2.24, 2.45) is 4.99 Å². The number of methoxy groups -OCH3 is 2. The quantitative estimate of drug-likeness (QED) is 0.809. The van der Waals surface area contributed by atoms with Gasteiger partial charge in [0.15, 0.2) is 11.5 Å². The van der Waals surface area contributed by atoms with Gasteiger partial charge in [-0.05, 0) is 38.1 Å². The predicted molar refractivity (Wildman–Crippen MR) is 98.9 cm³/mol. The summed E-state index contributed by atoms with van der Waals surface area (Å²) in [6, 6.07) is 8.51. The summed E-state index contributed by atoms with van der Waals surface area (Å²) in [6.45, 7) is 3.72. The van der Waals surface area contributed by atoms with Crippen LogP contribution in [0.15, 0.2) is 41.4 Å². The van der Waals surface area contributed by atoms with Crippen LogP contribution < -0.4 is 20.1 Å². The molecule has 144 valence electrons. The third-order valence-corrected chi connectivity index (χ3v) is 4.06. The van der Waals surface area contributed by atoms with Crippen molar-refractivity contribution in [3.05, 3.63) is 47.5 Å². The minimum atomic E-state index is -4.42. The van der Waals surface area contributed by atoms with E-state index < -0.39 is 17.4 Å². The first-order valence-corrected chi connectivity index (χ1v) is 8.21. The van der Waals surface area contributed by atoms with Crippen LogP contribution in [-0.2, 0) is 6.18 Å². The van der Waals surface area contributed by atoms with Gasteiger partial charge in [0.25, 0.3) is 0 Å². The zero-order valence-corrected chi connectivity index (χ0v) is 15.4. The summed E-state index contributed by atoms with van der Waals surface area (Å²) in [4.78, 5) is 4.59. The molecule has 2 aromatic carbocycles. The normalized spacial score (nSPS) is 15.3. The molecule has 3 rings (SSSR count). The minimum absolute atomic E-state index is 0.294. The van der Waals surface area contributed by atoms with Gasteiger partial charge < -0.3 is 20.1 Å². The van der Waals surface area contributed by atoms with Gasteiger partial charge in [0.05, 0.1) is 25.5 Å². The molecule has 0 aromatic heterocycles. The highest BCUT2D eigenvalue weighted by molar-refractivity contribution is 6.13. The summed E-state index contributed by atoms with van der Waals surface area (Å²) in [6.07, 6.45) is -4.42. The molecule has 0 bridgehead atoms. The van der Waals surface area contributed by atoms with E-state index in [-0.39, 0.29) is 0 Å². The van der Waals surface area contributed by atoms with E-state index in [1.54, 1.807) is 18.2 Å². The maximum atomic E-state index is 13.0. The fourth-order valence-corrected chi connectivity index (χ4v) is 2.88. The van der Waals surface area contributed by atoms with E-state index in [9.17, 15) is 13.2 Å². The lowest BCUT2D eigenvalue weighted by molar-refractivity contribution is -0.137. The molecule has 2 aromatic rings. The van der Waals surface area contributed by atoms with Crippen LogP contribution in [0.2, 0.25) is 0 Å². The lowest BCUT2D eigenvalue weighted by Gasteiger charge is -2.32. The van der Waals surface area contributed by atoms with Crippen LogP contribution in [0.4, 0.5) is 24.5 Å². The molecule has 0 unspecified atom stereocenters. The van der Waals surface area contributed by atoms with Crippen molar-refractivity contribution in [3.63, 3.8) is 0 Å². The van der Waals surface area contributed by atoms with Crippen molar-refractivity contribution in [3.8, 4) is 11.5 Å². The van der Waals surface area contributed by atoms with Crippen molar-refractivity contribution in [1.29, 1.82) is 0 Å². The van der Waals surface area contributed by atoms with E-state index in [4.69, 9.17) is 9.47 Å². The molecule has 27 heavy (non-hydrogen) atoms. The maximum absolute atomic E-state index is 13.0. The molecule has 0 saturated heterocycles. The second-order valence-corrected chi connectivity index (χ2v) is 6.60. The van der Waals surface area contributed by atoms with Crippen LogP contribution >= 0.6 is 0 Å². The van der Waals surface area contributed by atoms with Crippen molar-refractivity contribution >= 4 is 17.2 Å². The van der Waals surface area contributed by atoms with E-state index in [1.807, 2.05) is 13.8 Å². The Morgan fingerprint density at radius 3 is 2.33 bits per heavy atom. The number of hydrogen-bond acceptors (Lipinski definition) is 5. The number of alkyl halides is 3. The zero-order chi connectivity index (χ0) is 19.8. The molecule has 0 atom stereocenters. The summed E-state index contributed by atoms with van der Waals surface area (Å²) in [5.41, 5.74) is 0.318. The lowest BCUT2D eigenvalue weighted by atomic mass is 10.0. The fraction of sp³-hybridized carbons (Fsp3) is 0.316.